The van der Waals surface area contributed by atoms with Crippen molar-refractivity contribution in [3.05, 3.63) is 29.6 Å². The molecule has 7 heteroatoms. The Balaban J connectivity index is 2.42. The third-order valence-corrected chi connectivity index (χ3v) is 5.19. The van der Waals surface area contributed by atoms with Crippen molar-refractivity contribution in [1.82, 2.24) is 4.31 Å². The molecule has 1 fully saturated rings. The van der Waals surface area contributed by atoms with E-state index in [1.54, 1.807) is 6.07 Å². The smallest absolute Gasteiger partial charge is 0.244 e. The average molecular weight is 283 g/mol. The van der Waals surface area contributed by atoms with Crippen molar-refractivity contribution in [2.75, 3.05) is 19.6 Å². The topological polar surface area (TPSA) is 87.2 Å². The van der Waals surface area contributed by atoms with Gasteiger partial charge in [0.2, 0.25) is 10.0 Å². The van der Waals surface area contributed by atoms with Crippen LogP contribution in [0.15, 0.2) is 23.1 Å². The van der Waals surface area contributed by atoms with Crippen molar-refractivity contribution in [2.24, 2.45) is 11.7 Å². The molecule has 1 unspecified atom stereocenters. The highest BCUT2D eigenvalue weighted by Crippen LogP contribution is 2.26. The third kappa shape index (κ3) is 2.47. The van der Waals surface area contributed by atoms with Gasteiger partial charge in [-0.05, 0) is 31.0 Å². The van der Waals surface area contributed by atoms with Crippen molar-refractivity contribution < 1.29 is 12.8 Å². The molecule has 102 valence electrons. The van der Waals surface area contributed by atoms with Crippen LogP contribution in [-0.4, -0.2) is 32.4 Å². The van der Waals surface area contributed by atoms with Crippen LogP contribution in [0.2, 0.25) is 0 Å². The van der Waals surface area contributed by atoms with E-state index < -0.39 is 21.4 Å². The van der Waals surface area contributed by atoms with Gasteiger partial charge in [-0.3, -0.25) is 0 Å². The van der Waals surface area contributed by atoms with Gasteiger partial charge in [-0.25, -0.2) is 12.8 Å². The molecule has 5 nitrogen and oxygen atoms in total. The van der Waals surface area contributed by atoms with Crippen LogP contribution in [0.4, 0.5) is 4.39 Å². The quantitative estimate of drug-likeness (QED) is 0.883. The van der Waals surface area contributed by atoms with Gasteiger partial charge >= 0.3 is 0 Å². The maximum atomic E-state index is 13.5. The monoisotopic (exact) mass is 283 g/mol. The second-order valence-corrected chi connectivity index (χ2v) is 6.38. The van der Waals surface area contributed by atoms with E-state index in [1.165, 1.54) is 16.4 Å². The Morgan fingerprint density at radius 3 is 2.84 bits per heavy atom. The molecule has 0 spiro atoms. The first-order valence-electron chi connectivity index (χ1n) is 5.89. The number of nitriles is 1. The molecule has 1 aromatic rings. The van der Waals surface area contributed by atoms with E-state index in [-0.39, 0.29) is 10.8 Å². The van der Waals surface area contributed by atoms with E-state index in [1.807, 2.05) is 0 Å². The normalized spacial score (nSPS) is 20.4. The van der Waals surface area contributed by atoms with Crippen LogP contribution in [-0.2, 0) is 10.0 Å². The molecule has 1 aromatic carbocycles. The van der Waals surface area contributed by atoms with E-state index in [4.69, 9.17) is 11.0 Å². The van der Waals surface area contributed by atoms with Gasteiger partial charge in [0.05, 0.1) is 0 Å². The van der Waals surface area contributed by atoms with Gasteiger partial charge in [-0.15, -0.1) is 0 Å². The number of rotatable bonds is 3. The van der Waals surface area contributed by atoms with Crippen LogP contribution < -0.4 is 5.73 Å². The first-order chi connectivity index (χ1) is 9.00. The van der Waals surface area contributed by atoms with Crippen LogP contribution >= 0.6 is 0 Å². The summed E-state index contributed by atoms with van der Waals surface area (Å²) in [5.41, 5.74) is 5.09. The number of sulfonamides is 1. The molecule has 1 aliphatic heterocycles. The highest BCUT2D eigenvalue weighted by atomic mass is 32.2. The SMILES string of the molecule is N#Cc1c(F)cccc1S(=O)(=O)N1CCC(CN)C1. The zero-order valence-corrected chi connectivity index (χ0v) is 11.0. The number of hydrogen-bond donors (Lipinski definition) is 1. The molecular weight excluding hydrogens is 269 g/mol. The summed E-state index contributed by atoms with van der Waals surface area (Å²) in [4.78, 5) is -0.271. The summed E-state index contributed by atoms with van der Waals surface area (Å²) in [6.45, 7) is 1.09. The van der Waals surface area contributed by atoms with E-state index in [9.17, 15) is 12.8 Å². The fourth-order valence-corrected chi connectivity index (χ4v) is 3.86. The number of nitrogens with zero attached hydrogens (tertiary/aromatic N) is 2. The predicted molar refractivity (Wildman–Crippen MR) is 67.0 cm³/mol. The van der Waals surface area contributed by atoms with E-state index in [0.29, 0.717) is 26.1 Å². The average Bonchev–Trinajstić information content (AvgIpc) is 2.87. The fraction of sp³-hybridized carbons (Fsp3) is 0.417. The molecule has 1 heterocycles. The molecular formula is C12H14FN3O2S. The molecule has 0 aromatic heterocycles. The molecule has 1 aliphatic rings. The lowest BCUT2D eigenvalue weighted by Gasteiger charge is -2.17. The first kappa shape index (κ1) is 13.9. The van der Waals surface area contributed by atoms with Crippen molar-refractivity contribution >= 4 is 10.0 Å². The Bertz CT molecular complexity index is 624. The second kappa shape index (κ2) is 5.25. The molecule has 0 saturated carbocycles. The molecule has 19 heavy (non-hydrogen) atoms. The second-order valence-electron chi connectivity index (χ2n) is 4.48. The molecule has 0 aliphatic carbocycles. The summed E-state index contributed by atoms with van der Waals surface area (Å²) in [7, 11) is -3.83. The number of benzene rings is 1. The molecule has 2 N–H and O–H groups in total. The van der Waals surface area contributed by atoms with Gasteiger partial charge in [0.25, 0.3) is 0 Å². The number of halogens is 1. The van der Waals surface area contributed by atoms with Crippen molar-refractivity contribution in [2.45, 2.75) is 11.3 Å². The zero-order valence-electron chi connectivity index (χ0n) is 10.2. The zero-order chi connectivity index (χ0) is 14.0. The highest BCUT2D eigenvalue weighted by molar-refractivity contribution is 7.89. The van der Waals surface area contributed by atoms with Crippen LogP contribution in [0.3, 0.4) is 0 Å². The standard InChI is InChI=1S/C12H14FN3O2S/c13-11-2-1-3-12(10(11)7-15)19(17,18)16-5-4-9(6-14)8-16/h1-3,9H,4-6,8,14H2. The summed E-state index contributed by atoms with van der Waals surface area (Å²) >= 11 is 0. The minimum atomic E-state index is -3.83. The molecule has 1 atom stereocenters. The lowest BCUT2D eigenvalue weighted by molar-refractivity contribution is 0.458. The highest BCUT2D eigenvalue weighted by Gasteiger charge is 2.33. The van der Waals surface area contributed by atoms with Gasteiger partial charge in [-0.2, -0.15) is 9.57 Å². The van der Waals surface area contributed by atoms with Crippen LogP contribution in [0.25, 0.3) is 0 Å². The van der Waals surface area contributed by atoms with Gasteiger partial charge in [0, 0.05) is 13.1 Å². The Morgan fingerprint density at radius 1 is 1.53 bits per heavy atom. The third-order valence-electron chi connectivity index (χ3n) is 3.29. The first-order valence-corrected chi connectivity index (χ1v) is 7.33. The van der Waals surface area contributed by atoms with E-state index >= 15 is 0 Å². The largest absolute Gasteiger partial charge is 0.330 e. The number of nitrogens with two attached hydrogens (primary N) is 1. The molecule has 0 amide bonds. The molecule has 0 radical (unpaired) electrons. The van der Waals surface area contributed by atoms with Gasteiger partial charge in [0.1, 0.15) is 22.3 Å². The Hall–Kier alpha value is -1.49. The van der Waals surface area contributed by atoms with Crippen molar-refractivity contribution in [3.63, 3.8) is 0 Å². The summed E-state index contributed by atoms with van der Waals surface area (Å²) in [6.07, 6.45) is 0.687. The van der Waals surface area contributed by atoms with Crippen molar-refractivity contribution in [1.29, 1.82) is 5.26 Å². The maximum Gasteiger partial charge on any atom is 0.244 e. The fourth-order valence-electron chi connectivity index (χ4n) is 2.17. The van der Waals surface area contributed by atoms with E-state index in [0.717, 1.165) is 6.07 Å². The van der Waals surface area contributed by atoms with Crippen molar-refractivity contribution in [3.8, 4) is 6.07 Å². The van der Waals surface area contributed by atoms with Gasteiger partial charge in [-0.1, -0.05) is 6.07 Å². The molecule has 2 rings (SSSR count). The van der Waals surface area contributed by atoms with Crippen LogP contribution in [0.1, 0.15) is 12.0 Å². The van der Waals surface area contributed by atoms with E-state index in [2.05, 4.69) is 0 Å². The summed E-state index contributed by atoms with van der Waals surface area (Å²) < 4.78 is 39.5. The summed E-state index contributed by atoms with van der Waals surface area (Å²) in [5, 5.41) is 8.91. The summed E-state index contributed by atoms with van der Waals surface area (Å²) in [6, 6.07) is 5.23. The van der Waals surface area contributed by atoms with Gasteiger partial charge in [0.15, 0.2) is 0 Å². The molecule has 1 saturated heterocycles. The predicted octanol–water partition coefficient (Wildman–Crippen LogP) is 0.667. The Kier molecular flexibility index (Phi) is 3.85. The minimum absolute atomic E-state index is 0.119. The lowest BCUT2D eigenvalue weighted by Crippen LogP contribution is -2.30. The minimum Gasteiger partial charge on any atom is -0.330 e. The Labute approximate surface area is 111 Å². The van der Waals surface area contributed by atoms with Crippen LogP contribution in [0, 0.1) is 23.1 Å². The van der Waals surface area contributed by atoms with Gasteiger partial charge < -0.3 is 5.73 Å². The molecule has 0 bridgehead atoms. The van der Waals surface area contributed by atoms with Crippen LogP contribution in [0.5, 0.6) is 0 Å². The number of hydrogen-bond acceptors (Lipinski definition) is 4. The Morgan fingerprint density at radius 2 is 2.26 bits per heavy atom. The lowest BCUT2D eigenvalue weighted by atomic mass is 10.1. The maximum absolute atomic E-state index is 13.5. The summed E-state index contributed by atoms with van der Waals surface area (Å²) in [5.74, 6) is -0.702.